The summed E-state index contributed by atoms with van der Waals surface area (Å²) in [6.07, 6.45) is 0.762. The van der Waals surface area contributed by atoms with Gasteiger partial charge < -0.3 is 4.74 Å². The fourth-order valence-corrected chi connectivity index (χ4v) is 2.00. The van der Waals surface area contributed by atoms with Crippen LogP contribution in [-0.4, -0.2) is 6.29 Å². The van der Waals surface area contributed by atoms with E-state index in [9.17, 15) is 9.18 Å². The summed E-state index contributed by atoms with van der Waals surface area (Å²) in [4.78, 5) is 10.6. The molecule has 2 aromatic rings. The average molecular weight is 309 g/mol. The van der Waals surface area contributed by atoms with Gasteiger partial charge in [0.15, 0.2) is 0 Å². The largest absolute Gasteiger partial charge is 0.456 e. The second-order valence-corrected chi connectivity index (χ2v) is 4.67. The van der Waals surface area contributed by atoms with Crippen molar-refractivity contribution in [1.82, 2.24) is 0 Å². The number of aldehydes is 1. The minimum atomic E-state index is -0.296. The van der Waals surface area contributed by atoms with Crippen molar-refractivity contribution in [3.8, 4) is 11.5 Å². The Hall–Kier alpha value is -1.68. The van der Waals surface area contributed by atoms with Crippen LogP contribution in [0.1, 0.15) is 15.9 Å². The van der Waals surface area contributed by atoms with Crippen molar-refractivity contribution in [2.45, 2.75) is 6.92 Å². The van der Waals surface area contributed by atoms with Crippen molar-refractivity contribution in [2.24, 2.45) is 0 Å². The summed E-state index contributed by atoms with van der Waals surface area (Å²) in [5.74, 6) is 0.862. The van der Waals surface area contributed by atoms with Crippen LogP contribution < -0.4 is 4.74 Å². The van der Waals surface area contributed by atoms with Gasteiger partial charge in [-0.25, -0.2) is 4.39 Å². The molecule has 18 heavy (non-hydrogen) atoms. The van der Waals surface area contributed by atoms with E-state index in [1.165, 1.54) is 12.1 Å². The van der Waals surface area contributed by atoms with Gasteiger partial charge in [-0.1, -0.05) is 0 Å². The highest BCUT2D eigenvalue weighted by molar-refractivity contribution is 9.10. The predicted octanol–water partition coefficient (Wildman–Crippen LogP) is 4.50. The summed E-state index contributed by atoms with van der Waals surface area (Å²) in [6.45, 7) is 1.77. The van der Waals surface area contributed by atoms with Gasteiger partial charge >= 0.3 is 0 Å². The lowest BCUT2D eigenvalue weighted by Crippen LogP contribution is -1.90. The molecule has 0 bridgehead atoms. The van der Waals surface area contributed by atoms with Crippen LogP contribution in [0.4, 0.5) is 4.39 Å². The second-order valence-electron chi connectivity index (χ2n) is 3.82. The first-order valence-electron chi connectivity index (χ1n) is 5.29. The van der Waals surface area contributed by atoms with E-state index in [1.807, 2.05) is 0 Å². The van der Waals surface area contributed by atoms with E-state index in [2.05, 4.69) is 15.9 Å². The van der Waals surface area contributed by atoms with Crippen molar-refractivity contribution < 1.29 is 13.9 Å². The number of ether oxygens (including phenoxy) is 1. The van der Waals surface area contributed by atoms with Crippen LogP contribution in [0.5, 0.6) is 11.5 Å². The Labute approximate surface area is 113 Å². The van der Waals surface area contributed by atoms with Gasteiger partial charge in [-0.2, -0.15) is 0 Å². The molecule has 0 aliphatic rings. The van der Waals surface area contributed by atoms with E-state index in [-0.39, 0.29) is 5.82 Å². The van der Waals surface area contributed by atoms with Crippen LogP contribution >= 0.6 is 15.9 Å². The lowest BCUT2D eigenvalue weighted by atomic mass is 10.2. The Morgan fingerprint density at radius 2 is 1.89 bits per heavy atom. The molecule has 2 nitrogen and oxygen atoms in total. The van der Waals surface area contributed by atoms with E-state index >= 15 is 0 Å². The molecule has 0 aliphatic carbocycles. The summed E-state index contributed by atoms with van der Waals surface area (Å²) in [5, 5.41) is 0. The summed E-state index contributed by atoms with van der Waals surface area (Å²) in [5.41, 5.74) is 1.27. The highest BCUT2D eigenvalue weighted by Crippen LogP contribution is 2.31. The van der Waals surface area contributed by atoms with Crippen molar-refractivity contribution in [3.05, 3.63) is 57.8 Å². The van der Waals surface area contributed by atoms with E-state index in [4.69, 9.17) is 4.74 Å². The maximum Gasteiger partial charge on any atom is 0.150 e. The highest BCUT2D eigenvalue weighted by Gasteiger charge is 2.06. The molecule has 0 amide bonds. The smallest absolute Gasteiger partial charge is 0.150 e. The molecule has 2 aromatic carbocycles. The van der Waals surface area contributed by atoms with Gasteiger partial charge in [0.1, 0.15) is 23.6 Å². The highest BCUT2D eigenvalue weighted by atomic mass is 79.9. The summed E-state index contributed by atoms with van der Waals surface area (Å²) < 4.78 is 19.3. The average Bonchev–Trinajstić information content (AvgIpc) is 2.34. The molecule has 0 saturated heterocycles. The number of rotatable bonds is 3. The lowest BCUT2D eigenvalue weighted by Gasteiger charge is -2.10. The Morgan fingerprint density at radius 1 is 1.17 bits per heavy atom. The second kappa shape index (κ2) is 5.31. The quantitative estimate of drug-likeness (QED) is 0.780. The molecule has 0 N–H and O–H groups in total. The molecule has 0 fully saturated rings. The Balaban J connectivity index is 2.31. The molecule has 2 rings (SSSR count). The minimum absolute atomic E-state index is 0.296. The normalized spacial score (nSPS) is 10.2. The van der Waals surface area contributed by atoms with Crippen LogP contribution in [0.15, 0.2) is 40.9 Å². The zero-order chi connectivity index (χ0) is 13.1. The molecule has 0 spiro atoms. The number of hydrogen-bond acceptors (Lipinski definition) is 2. The first kappa shape index (κ1) is 12.8. The van der Waals surface area contributed by atoms with Crippen molar-refractivity contribution >= 4 is 22.2 Å². The van der Waals surface area contributed by atoms with E-state index in [1.54, 1.807) is 31.2 Å². The SMILES string of the molecule is Cc1cc(F)ccc1Oc1ccc(C=O)cc1Br. The third kappa shape index (κ3) is 2.76. The Bertz CT molecular complexity index is 596. The molecule has 0 aromatic heterocycles. The number of carbonyl (C=O) groups excluding carboxylic acids is 1. The molecule has 0 saturated carbocycles. The fourth-order valence-electron chi connectivity index (χ4n) is 1.52. The van der Waals surface area contributed by atoms with Crippen LogP contribution in [0, 0.1) is 12.7 Å². The van der Waals surface area contributed by atoms with Gasteiger partial charge in [0.2, 0.25) is 0 Å². The maximum absolute atomic E-state index is 13.0. The Kier molecular flexibility index (Phi) is 3.77. The summed E-state index contributed by atoms with van der Waals surface area (Å²) >= 11 is 3.33. The maximum atomic E-state index is 13.0. The first-order chi connectivity index (χ1) is 8.60. The van der Waals surface area contributed by atoms with Crippen molar-refractivity contribution in [2.75, 3.05) is 0 Å². The van der Waals surface area contributed by atoms with Crippen LogP contribution in [0.2, 0.25) is 0 Å². The van der Waals surface area contributed by atoms with Crippen LogP contribution in [0.25, 0.3) is 0 Å². The van der Waals surface area contributed by atoms with E-state index in [0.29, 0.717) is 27.1 Å². The lowest BCUT2D eigenvalue weighted by molar-refractivity contribution is 0.112. The molecule has 0 heterocycles. The zero-order valence-corrected chi connectivity index (χ0v) is 11.2. The number of carbonyl (C=O) groups is 1. The van der Waals surface area contributed by atoms with Crippen LogP contribution in [0.3, 0.4) is 0 Å². The minimum Gasteiger partial charge on any atom is -0.456 e. The molecule has 4 heteroatoms. The van der Waals surface area contributed by atoms with Gasteiger partial charge in [-0.15, -0.1) is 0 Å². The molecule has 0 atom stereocenters. The number of aryl methyl sites for hydroxylation is 1. The van der Waals surface area contributed by atoms with Crippen molar-refractivity contribution in [3.63, 3.8) is 0 Å². The Morgan fingerprint density at radius 3 is 2.50 bits per heavy atom. The predicted molar refractivity (Wildman–Crippen MR) is 70.7 cm³/mol. The van der Waals surface area contributed by atoms with E-state index < -0.39 is 0 Å². The molecular weight excluding hydrogens is 299 g/mol. The monoisotopic (exact) mass is 308 g/mol. The van der Waals surface area contributed by atoms with Gasteiger partial charge in [0, 0.05) is 5.56 Å². The van der Waals surface area contributed by atoms with Gasteiger partial charge in [-0.05, 0) is 64.8 Å². The molecule has 0 radical (unpaired) electrons. The first-order valence-corrected chi connectivity index (χ1v) is 6.08. The molecule has 0 unspecified atom stereocenters. The molecule has 92 valence electrons. The zero-order valence-electron chi connectivity index (χ0n) is 9.61. The van der Waals surface area contributed by atoms with Gasteiger partial charge in [-0.3, -0.25) is 4.79 Å². The van der Waals surface area contributed by atoms with Crippen molar-refractivity contribution in [1.29, 1.82) is 0 Å². The standard InChI is InChI=1S/C14H10BrFO2/c1-9-6-11(16)3-5-13(9)18-14-4-2-10(8-17)7-12(14)15/h2-8H,1H3. The summed E-state index contributed by atoms with van der Waals surface area (Å²) in [6, 6.07) is 9.34. The topological polar surface area (TPSA) is 26.3 Å². The number of benzene rings is 2. The molecular formula is C14H10BrFO2. The number of halogens is 2. The molecule has 0 aliphatic heterocycles. The van der Waals surface area contributed by atoms with Gasteiger partial charge in [0.25, 0.3) is 0 Å². The third-order valence-electron chi connectivity index (χ3n) is 2.45. The van der Waals surface area contributed by atoms with E-state index in [0.717, 1.165) is 6.29 Å². The van der Waals surface area contributed by atoms with Gasteiger partial charge in [0.05, 0.1) is 4.47 Å². The summed E-state index contributed by atoms with van der Waals surface area (Å²) in [7, 11) is 0. The van der Waals surface area contributed by atoms with Crippen LogP contribution in [-0.2, 0) is 0 Å². The number of hydrogen-bond donors (Lipinski definition) is 0. The third-order valence-corrected chi connectivity index (χ3v) is 3.07. The fraction of sp³-hybridized carbons (Fsp3) is 0.0714.